The number of carbonyl (C=O) groups is 2. The minimum atomic E-state index is -4.49. The van der Waals surface area contributed by atoms with Gasteiger partial charge in [-0.25, -0.2) is 0 Å². The standard InChI is InChI=1S/C48H58Cl2N8O9S2/c1-28-13-16-36-34(23-28)47(3,4)42(57(36)21-10-8-11-40(59)51-27-29(2)68(61,62)63)30-14-18-38-31(24-30)25-33-39(67-38)19-22-58-37-17-15-32(69(64,65)66)26-35(37)48(5,43(33)58)20-9-6-7-12-41(60)55-56-46-53-44(49)52-45(50)54-46/h13,15-17,23-26,29,38-39H,6-12,14,18-22,27H2,1-5H3,(H4-,51,52,53,54,55,56,59,60,61,62,63,64,65,66)/p+1. The van der Waals surface area contributed by atoms with Crippen molar-refractivity contribution in [1.82, 2.24) is 25.7 Å². The monoisotopic (exact) mass is 1030 g/mol. The molecule has 0 fully saturated rings. The summed E-state index contributed by atoms with van der Waals surface area (Å²) in [6, 6.07) is 11.4. The Bertz CT molecular complexity index is 2920. The molecular weight excluding hydrogens is 968 g/mol. The largest absolute Gasteiger partial charge is 0.365 e. The van der Waals surface area contributed by atoms with Gasteiger partial charge < -0.3 is 15.0 Å². The van der Waals surface area contributed by atoms with Gasteiger partial charge in [0.05, 0.1) is 22.5 Å². The summed E-state index contributed by atoms with van der Waals surface area (Å²) in [5.41, 5.74) is 15.0. The number of ether oxygens (including phenoxy) is 1. The predicted octanol–water partition coefficient (Wildman–Crippen LogP) is 7.62. The molecule has 4 aliphatic heterocycles. The summed E-state index contributed by atoms with van der Waals surface area (Å²) in [4.78, 5) is 39.0. The number of halogens is 2. The second kappa shape index (κ2) is 19.8. The number of allylic oxidation sites excluding steroid dienone is 2. The summed E-state index contributed by atoms with van der Waals surface area (Å²) in [6.45, 7) is 11.3. The van der Waals surface area contributed by atoms with Crippen molar-refractivity contribution < 1.29 is 44.8 Å². The molecule has 2 aromatic carbocycles. The first-order valence-corrected chi connectivity index (χ1v) is 27.1. The molecule has 8 rings (SSSR count). The fraction of sp³-hybridized carbons (Fsp3) is 0.500. The summed E-state index contributed by atoms with van der Waals surface area (Å²) < 4.78 is 76.8. The van der Waals surface area contributed by atoms with Gasteiger partial charge in [0.2, 0.25) is 34.0 Å². The lowest BCUT2D eigenvalue weighted by atomic mass is 9.72. The average molecular weight is 1030 g/mol. The second-order valence-electron chi connectivity index (χ2n) is 19.4. The van der Waals surface area contributed by atoms with E-state index < -0.39 is 30.9 Å². The number of rotatable bonds is 18. The highest BCUT2D eigenvalue weighted by atomic mass is 35.5. The number of carbonyl (C=O) groups excluding carboxylic acids is 2. The number of nitrogens with zero attached hydrogens (tertiary/aromatic N) is 5. The van der Waals surface area contributed by atoms with Crippen LogP contribution in [0.4, 0.5) is 17.3 Å². The van der Waals surface area contributed by atoms with Gasteiger partial charge in [0.15, 0.2) is 5.71 Å². The van der Waals surface area contributed by atoms with E-state index in [1.807, 2.05) is 0 Å². The minimum absolute atomic E-state index is 0.00858. The molecule has 2 amide bonds. The van der Waals surface area contributed by atoms with E-state index in [1.165, 1.54) is 29.8 Å². The average Bonchev–Trinajstić information content (AvgIpc) is 3.66. The van der Waals surface area contributed by atoms with Crippen LogP contribution in [0.1, 0.15) is 115 Å². The third kappa shape index (κ3) is 10.6. The van der Waals surface area contributed by atoms with Gasteiger partial charge in [-0.05, 0) is 144 Å². The van der Waals surface area contributed by atoms with Crippen LogP contribution in [0.25, 0.3) is 0 Å². The van der Waals surface area contributed by atoms with Gasteiger partial charge in [0.1, 0.15) is 11.8 Å². The molecule has 4 unspecified atom stereocenters. The van der Waals surface area contributed by atoms with E-state index in [2.05, 4.69) is 98.6 Å². The van der Waals surface area contributed by atoms with Crippen molar-refractivity contribution >= 4 is 78.3 Å². The maximum Gasteiger partial charge on any atom is 0.294 e. The highest BCUT2D eigenvalue weighted by Crippen LogP contribution is 2.56. The third-order valence-corrected chi connectivity index (χ3v) is 16.5. The minimum Gasteiger partial charge on any atom is -0.365 e. The zero-order chi connectivity index (χ0) is 49.6. The number of hydrogen-bond acceptors (Lipinski definition) is 12. The Morgan fingerprint density at radius 3 is 2.35 bits per heavy atom. The van der Waals surface area contributed by atoms with E-state index >= 15 is 0 Å². The Balaban J connectivity index is 1.06. The number of benzene rings is 2. The maximum absolute atomic E-state index is 12.7. The quantitative estimate of drug-likeness (QED) is 0.0357. The molecule has 0 saturated heterocycles. The number of fused-ring (bicyclic) bond motifs is 6. The van der Waals surface area contributed by atoms with Gasteiger partial charge in [-0.1, -0.05) is 24.5 Å². The first kappa shape index (κ1) is 50.6. The molecule has 1 aromatic heterocycles. The van der Waals surface area contributed by atoms with Crippen LogP contribution in [0.5, 0.6) is 0 Å². The van der Waals surface area contributed by atoms with Crippen LogP contribution in [0.3, 0.4) is 0 Å². The molecule has 17 nitrogen and oxygen atoms in total. The van der Waals surface area contributed by atoms with Crippen molar-refractivity contribution in [2.45, 2.75) is 138 Å². The number of anilines is 2. The maximum atomic E-state index is 12.7. The molecule has 5 heterocycles. The lowest BCUT2D eigenvalue weighted by Gasteiger charge is -2.43. The van der Waals surface area contributed by atoms with Crippen LogP contribution in [0.15, 0.2) is 75.9 Å². The van der Waals surface area contributed by atoms with E-state index in [0.29, 0.717) is 51.6 Å². The van der Waals surface area contributed by atoms with E-state index in [-0.39, 0.29) is 70.2 Å². The van der Waals surface area contributed by atoms with Crippen molar-refractivity contribution in [3.8, 4) is 0 Å². The molecule has 1 aliphatic carbocycles. The molecule has 0 bridgehead atoms. The first-order valence-electron chi connectivity index (χ1n) is 23.4. The Morgan fingerprint density at radius 2 is 1.62 bits per heavy atom. The topological polar surface area (TPSA) is 233 Å². The van der Waals surface area contributed by atoms with Crippen LogP contribution in [0.2, 0.25) is 10.6 Å². The lowest BCUT2D eigenvalue weighted by Crippen LogP contribution is -2.43. The number of nitrogens with one attached hydrogen (secondary N) is 3. The molecule has 0 radical (unpaired) electrons. The lowest BCUT2D eigenvalue weighted by molar-refractivity contribution is -0.438. The smallest absolute Gasteiger partial charge is 0.294 e. The molecule has 0 saturated carbocycles. The molecule has 69 heavy (non-hydrogen) atoms. The summed E-state index contributed by atoms with van der Waals surface area (Å²) in [5.74, 6) is -0.536. The fourth-order valence-corrected chi connectivity index (χ4v) is 11.8. The van der Waals surface area contributed by atoms with Gasteiger partial charge in [0, 0.05) is 71.9 Å². The highest BCUT2D eigenvalue weighted by molar-refractivity contribution is 7.86. The molecule has 370 valence electrons. The Labute approximate surface area is 413 Å². The van der Waals surface area contributed by atoms with Gasteiger partial charge in [-0.2, -0.15) is 36.4 Å². The zero-order valence-corrected chi connectivity index (χ0v) is 42.5. The number of hydrazine groups is 1. The normalized spacial score (nSPS) is 21.9. The van der Waals surface area contributed by atoms with Crippen molar-refractivity contribution in [1.29, 1.82) is 0 Å². The van der Waals surface area contributed by atoms with Gasteiger partial charge in [0.25, 0.3) is 20.2 Å². The van der Waals surface area contributed by atoms with Crippen molar-refractivity contribution in [3.05, 3.63) is 98.2 Å². The fourth-order valence-electron chi connectivity index (χ4n) is 10.7. The van der Waals surface area contributed by atoms with Crippen molar-refractivity contribution in [2.75, 3.05) is 30.0 Å². The predicted molar refractivity (Wildman–Crippen MR) is 263 cm³/mol. The van der Waals surface area contributed by atoms with Crippen LogP contribution >= 0.6 is 23.2 Å². The molecule has 0 spiro atoms. The number of aromatic nitrogens is 3. The van der Waals surface area contributed by atoms with Crippen LogP contribution < -0.4 is 21.1 Å². The summed E-state index contributed by atoms with van der Waals surface area (Å²) >= 11 is 11.7. The Kier molecular flexibility index (Phi) is 14.5. The van der Waals surface area contributed by atoms with Crippen molar-refractivity contribution in [2.24, 2.45) is 0 Å². The Morgan fingerprint density at radius 1 is 0.899 bits per heavy atom. The molecule has 4 atom stereocenters. The second-order valence-corrected chi connectivity index (χ2v) is 23.3. The summed E-state index contributed by atoms with van der Waals surface area (Å²) in [7, 11) is -8.74. The summed E-state index contributed by atoms with van der Waals surface area (Å²) in [5, 5.41) is 1.30. The molecule has 21 heteroatoms. The Hall–Kier alpha value is -4.76. The molecule has 3 aromatic rings. The van der Waals surface area contributed by atoms with E-state index in [9.17, 15) is 35.5 Å². The highest BCUT2D eigenvalue weighted by Gasteiger charge is 2.51. The third-order valence-electron chi connectivity index (χ3n) is 14.1. The van der Waals surface area contributed by atoms with E-state index in [0.717, 1.165) is 58.6 Å². The van der Waals surface area contributed by atoms with Crippen LogP contribution in [-0.4, -0.2) is 100 Å². The van der Waals surface area contributed by atoms with Gasteiger partial charge >= 0.3 is 0 Å². The summed E-state index contributed by atoms with van der Waals surface area (Å²) in [6.07, 6.45) is 11.0. The van der Waals surface area contributed by atoms with Gasteiger partial charge in [-0.3, -0.25) is 29.5 Å². The first-order chi connectivity index (χ1) is 32.5. The van der Waals surface area contributed by atoms with Gasteiger partial charge in [-0.15, -0.1) is 0 Å². The number of aryl methyl sites for hydroxylation is 1. The van der Waals surface area contributed by atoms with Crippen molar-refractivity contribution in [3.63, 3.8) is 0 Å². The SMILES string of the molecule is Cc1ccc2c(c1)C(C)(C)C(C1=CC3=CC4=C5N(CCC4OC3CC1)c1ccc(S(=O)(=O)O)cc1C5(C)CCCCCC(=O)NNc1nc(Cl)nc(Cl)n1)=[N+]2CCCCC(=O)NCC(C)S(=O)(=O)O. The molecule has 5 N–H and O–H groups in total. The number of amides is 2. The van der Waals surface area contributed by atoms with Crippen LogP contribution in [0, 0.1) is 6.92 Å². The number of hydrogen-bond donors (Lipinski definition) is 5. The number of unbranched alkanes of at least 4 members (excludes halogenated alkanes) is 3. The van der Waals surface area contributed by atoms with E-state index in [1.54, 1.807) is 12.1 Å². The van der Waals surface area contributed by atoms with E-state index in [4.69, 9.17) is 27.9 Å². The zero-order valence-electron chi connectivity index (χ0n) is 39.3. The van der Waals surface area contributed by atoms with Crippen LogP contribution in [-0.2, 0) is 45.4 Å². The molecular formula is C48H59Cl2N8O9S2+. The molecule has 5 aliphatic rings.